The average molecular weight is 290 g/mol. The highest BCUT2D eigenvalue weighted by molar-refractivity contribution is 8.00. The van der Waals surface area contributed by atoms with E-state index < -0.39 is 12.0 Å². The normalized spacial score (nSPS) is 24.3. The van der Waals surface area contributed by atoms with Crippen molar-refractivity contribution in [2.75, 3.05) is 19.0 Å². The predicted molar refractivity (Wildman–Crippen MR) is 74.3 cm³/mol. The van der Waals surface area contributed by atoms with Crippen molar-refractivity contribution in [2.24, 2.45) is 0 Å². The second kappa shape index (κ2) is 7.59. The number of hydrogen-bond donors (Lipinski definition) is 2. The number of thioether (sulfide) groups is 1. The van der Waals surface area contributed by atoms with Crippen LogP contribution in [-0.4, -0.2) is 58.4 Å². The number of urea groups is 1. The maximum Gasteiger partial charge on any atom is 0.327 e. The van der Waals surface area contributed by atoms with Gasteiger partial charge in [-0.25, -0.2) is 9.59 Å². The molecule has 3 unspecified atom stereocenters. The number of ether oxygens (including phenoxy) is 1. The van der Waals surface area contributed by atoms with Crippen LogP contribution in [0, 0.1) is 0 Å². The summed E-state index contributed by atoms with van der Waals surface area (Å²) >= 11 is 1.51. The van der Waals surface area contributed by atoms with Crippen LogP contribution in [0.5, 0.6) is 0 Å². The molecule has 19 heavy (non-hydrogen) atoms. The van der Waals surface area contributed by atoms with Gasteiger partial charge in [-0.1, -0.05) is 6.92 Å². The lowest BCUT2D eigenvalue weighted by Gasteiger charge is -2.28. The van der Waals surface area contributed by atoms with Gasteiger partial charge in [0.1, 0.15) is 6.04 Å². The Hall–Kier alpha value is -0.950. The van der Waals surface area contributed by atoms with E-state index in [2.05, 4.69) is 5.32 Å². The van der Waals surface area contributed by atoms with Crippen molar-refractivity contribution in [3.05, 3.63) is 0 Å². The van der Waals surface area contributed by atoms with E-state index >= 15 is 0 Å². The zero-order valence-electron chi connectivity index (χ0n) is 11.6. The number of aliphatic carboxylic acids is 1. The van der Waals surface area contributed by atoms with E-state index in [4.69, 9.17) is 9.84 Å². The molecule has 7 heteroatoms. The number of carboxylic acids is 1. The van der Waals surface area contributed by atoms with Crippen LogP contribution >= 0.6 is 11.8 Å². The largest absolute Gasteiger partial charge is 0.480 e. The molecule has 1 saturated heterocycles. The summed E-state index contributed by atoms with van der Waals surface area (Å²) in [5.41, 5.74) is 0. The lowest BCUT2D eigenvalue weighted by molar-refractivity contribution is -0.141. The maximum absolute atomic E-state index is 12.2. The highest BCUT2D eigenvalue weighted by Gasteiger charge is 2.41. The molecule has 0 aromatic heterocycles. The fourth-order valence-corrected chi connectivity index (χ4v) is 3.31. The topological polar surface area (TPSA) is 78.9 Å². The molecule has 0 aromatic carbocycles. The van der Waals surface area contributed by atoms with E-state index in [0.29, 0.717) is 19.0 Å². The van der Waals surface area contributed by atoms with Gasteiger partial charge >= 0.3 is 12.0 Å². The molecule has 2 amide bonds. The monoisotopic (exact) mass is 290 g/mol. The van der Waals surface area contributed by atoms with Gasteiger partial charge in [-0.05, 0) is 20.3 Å². The second-order valence-corrected chi connectivity index (χ2v) is 5.68. The minimum Gasteiger partial charge on any atom is -0.480 e. The van der Waals surface area contributed by atoms with Gasteiger partial charge < -0.3 is 15.2 Å². The minimum absolute atomic E-state index is 0.0691. The summed E-state index contributed by atoms with van der Waals surface area (Å²) in [6.45, 7) is 6.70. The zero-order valence-corrected chi connectivity index (χ0v) is 12.4. The molecule has 0 saturated carbocycles. The molecule has 1 rings (SSSR count). The van der Waals surface area contributed by atoms with Crippen LogP contribution in [0.4, 0.5) is 4.79 Å². The summed E-state index contributed by atoms with van der Waals surface area (Å²) in [7, 11) is 0. The molecule has 0 radical (unpaired) electrons. The number of hydrogen-bond acceptors (Lipinski definition) is 4. The van der Waals surface area contributed by atoms with E-state index in [0.717, 1.165) is 6.42 Å². The number of rotatable bonds is 6. The van der Waals surface area contributed by atoms with Crippen molar-refractivity contribution in [2.45, 2.75) is 44.6 Å². The van der Waals surface area contributed by atoms with Crippen molar-refractivity contribution in [1.82, 2.24) is 10.2 Å². The lowest BCUT2D eigenvalue weighted by atomic mass is 10.2. The third-order valence-electron chi connectivity index (χ3n) is 2.90. The van der Waals surface area contributed by atoms with Crippen molar-refractivity contribution in [3.8, 4) is 0 Å². The molecule has 6 nitrogen and oxygen atoms in total. The van der Waals surface area contributed by atoms with E-state index in [-0.39, 0.29) is 17.4 Å². The van der Waals surface area contributed by atoms with Crippen molar-refractivity contribution in [3.63, 3.8) is 0 Å². The van der Waals surface area contributed by atoms with Gasteiger partial charge in [-0.15, -0.1) is 11.8 Å². The van der Waals surface area contributed by atoms with Gasteiger partial charge in [0.2, 0.25) is 0 Å². The van der Waals surface area contributed by atoms with Crippen LogP contribution in [0.2, 0.25) is 0 Å². The first kappa shape index (κ1) is 16.1. The van der Waals surface area contributed by atoms with Crippen molar-refractivity contribution < 1.29 is 19.4 Å². The maximum atomic E-state index is 12.2. The molecule has 0 aromatic rings. The Morgan fingerprint density at radius 1 is 1.53 bits per heavy atom. The van der Waals surface area contributed by atoms with Crippen LogP contribution in [0.3, 0.4) is 0 Å². The van der Waals surface area contributed by atoms with Crippen LogP contribution in [0.15, 0.2) is 0 Å². The Labute approximate surface area is 117 Å². The zero-order chi connectivity index (χ0) is 14.4. The molecule has 1 fully saturated rings. The molecule has 0 spiro atoms. The van der Waals surface area contributed by atoms with Crippen molar-refractivity contribution >= 4 is 23.8 Å². The lowest BCUT2D eigenvalue weighted by Crippen LogP contribution is -2.52. The quantitative estimate of drug-likeness (QED) is 0.772. The summed E-state index contributed by atoms with van der Waals surface area (Å²) in [5.74, 6) is -0.503. The predicted octanol–water partition coefficient (Wildman–Crippen LogP) is 1.36. The number of amides is 2. The first-order valence-electron chi connectivity index (χ1n) is 6.52. The first-order chi connectivity index (χ1) is 9.01. The molecule has 1 aliphatic rings. The van der Waals surface area contributed by atoms with Gasteiger partial charge in [-0.2, -0.15) is 0 Å². The Morgan fingerprint density at radius 2 is 2.21 bits per heavy atom. The Balaban J connectivity index is 2.62. The standard InChI is InChI=1S/C12H22N2O4S/c1-4-10-14(9(7-19-10)11(15)16)12(17)13-8(3)6-18-5-2/h8-10H,4-7H2,1-3H3,(H,13,17)(H,15,16). The summed E-state index contributed by atoms with van der Waals surface area (Å²) in [5, 5.41) is 11.9. The highest BCUT2D eigenvalue weighted by atomic mass is 32.2. The van der Waals surface area contributed by atoms with E-state index in [1.807, 2.05) is 20.8 Å². The molecule has 1 heterocycles. The van der Waals surface area contributed by atoms with E-state index in [1.165, 1.54) is 16.7 Å². The third kappa shape index (κ3) is 4.28. The van der Waals surface area contributed by atoms with Gasteiger partial charge in [0, 0.05) is 12.4 Å². The summed E-state index contributed by atoms with van der Waals surface area (Å²) in [6.07, 6.45) is 0.738. The molecule has 0 aliphatic carbocycles. The number of nitrogens with zero attached hydrogens (tertiary/aromatic N) is 1. The van der Waals surface area contributed by atoms with Gasteiger partial charge in [0.05, 0.1) is 18.0 Å². The van der Waals surface area contributed by atoms with Crippen molar-refractivity contribution in [1.29, 1.82) is 0 Å². The summed E-state index contributed by atoms with van der Waals surface area (Å²) < 4.78 is 5.23. The van der Waals surface area contributed by atoms with Gasteiger partial charge in [0.25, 0.3) is 0 Å². The molecule has 3 atom stereocenters. The van der Waals surface area contributed by atoms with Gasteiger partial charge in [0.15, 0.2) is 0 Å². The summed E-state index contributed by atoms with van der Waals surface area (Å²) in [6, 6.07) is -1.20. The number of carbonyl (C=O) groups is 2. The fourth-order valence-electron chi connectivity index (χ4n) is 1.96. The molecule has 2 N–H and O–H groups in total. The van der Waals surface area contributed by atoms with E-state index in [9.17, 15) is 9.59 Å². The summed E-state index contributed by atoms with van der Waals surface area (Å²) in [4.78, 5) is 24.8. The Bertz CT molecular complexity index is 327. The Morgan fingerprint density at radius 3 is 2.74 bits per heavy atom. The second-order valence-electron chi connectivity index (χ2n) is 4.47. The third-order valence-corrected chi connectivity index (χ3v) is 4.36. The molecular formula is C12H22N2O4S. The molecule has 1 aliphatic heterocycles. The van der Waals surface area contributed by atoms with Crippen LogP contribution in [-0.2, 0) is 9.53 Å². The molecular weight excluding hydrogens is 268 g/mol. The minimum atomic E-state index is -0.948. The van der Waals surface area contributed by atoms with Gasteiger partial charge in [-0.3, -0.25) is 4.90 Å². The SMILES string of the molecule is CCOCC(C)NC(=O)N1C(CC)SCC1C(=O)O. The fraction of sp³-hybridized carbons (Fsp3) is 0.833. The number of carboxylic acid groups (broad SMARTS) is 1. The molecule has 110 valence electrons. The number of nitrogens with one attached hydrogen (secondary N) is 1. The van der Waals surface area contributed by atoms with Crippen LogP contribution < -0.4 is 5.32 Å². The van der Waals surface area contributed by atoms with Crippen LogP contribution in [0.25, 0.3) is 0 Å². The average Bonchev–Trinajstić information content (AvgIpc) is 2.80. The van der Waals surface area contributed by atoms with E-state index in [1.54, 1.807) is 0 Å². The Kier molecular flexibility index (Phi) is 6.44. The first-order valence-corrected chi connectivity index (χ1v) is 7.57. The van der Waals surface area contributed by atoms with Crippen LogP contribution in [0.1, 0.15) is 27.2 Å². The molecule has 0 bridgehead atoms. The highest BCUT2D eigenvalue weighted by Crippen LogP contribution is 2.31. The smallest absolute Gasteiger partial charge is 0.327 e. The number of carbonyl (C=O) groups excluding carboxylic acids is 1.